The topological polar surface area (TPSA) is 70.2 Å². The van der Waals surface area contributed by atoms with Gasteiger partial charge in [0.15, 0.2) is 0 Å². The third-order valence-electron chi connectivity index (χ3n) is 2.59. The molecule has 0 saturated heterocycles. The lowest BCUT2D eigenvalue weighted by Crippen LogP contribution is -2.51. The van der Waals surface area contributed by atoms with Gasteiger partial charge in [-0.1, -0.05) is 23.9 Å². The van der Waals surface area contributed by atoms with Gasteiger partial charge in [-0.3, -0.25) is 4.79 Å². The van der Waals surface area contributed by atoms with Crippen LogP contribution in [0.25, 0.3) is 0 Å². The number of nitrogens with one attached hydrogen (secondary N) is 3. The number of thioether (sulfide) groups is 1. The maximum atomic E-state index is 12.5. The van der Waals surface area contributed by atoms with Crippen LogP contribution in [0.4, 0.5) is 19.3 Å². The second-order valence-corrected chi connectivity index (χ2v) is 6.97. The van der Waals surface area contributed by atoms with E-state index in [2.05, 4.69) is 16.0 Å². The molecule has 0 fully saturated rings. The van der Waals surface area contributed by atoms with Crippen molar-refractivity contribution in [1.29, 1.82) is 0 Å². The molecule has 1 aromatic rings. The highest BCUT2D eigenvalue weighted by molar-refractivity contribution is 7.99. The molecule has 0 aliphatic carbocycles. The molecule has 3 N–H and O–H groups in total. The Balaban J connectivity index is 2.65. The van der Waals surface area contributed by atoms with E-state index in [9.17, 15) is 18.4 Å². The average Bonchev–Trinajstić information content (AvgIpc) is 2.38. The van der Waals surface area contributed by atoms with E-state index in [1.54, 1.807) is 19.1 Å². The lowest BCUT2D eigenvalue weighted by atomic mass is 10.1. The number of hydrogen-bond donors (Lipinski definition) is 3. The third kappa shape index (κ3) is 7.32. The Morgan fingerprint density at radius 1 is 1.17 bits per heavy atom. The van der Waals surface area contributed by atoms with Crippen molar-refractivity contribution in [2.45, 2.75) is 49.9 Å². The first kappa shape index (κ1) is 19.2. The Morgan fingerprint density at radius 2 is 1.78 bits per heavy atom. The van der Waals surface area contributed by atoms with Crippen molar-refractivity contribution in [3.05, 3.63) is 24.3 Å². The molecule has 1 aromatic carbocycles. The lowest BCUT2D eigenvalue weighted by Gasteiger charge is -2.23. The number of carbonyl (C=O) groups excluding carboxylic acids is 2. The molecule has 0 heterocycles. The number of carbonyl (C=O) groups is 2. The van der Waals surface area contributed by atoms with Gasteiger partial charge in [0.05, 0.1) is 5.69 Å². The maximum absolute atomic E-state index is 12.5. The third-order valence-corrected chi connectivity index (χ3v) is 3.38. The minimum absolute atomic E-state index is 0.254. The highest BCUT2D eigenvalue weighted by atomic mass is 32.2. The number of anilines is 1. The molecule has 1 rings (SSSR count). The smallest absolute Gasteiger partial charge is 0.319 e. The number of hydrogen-bond acceptors (Lipinski definition) is 3. The predicted octanol–water partition coefficient (Wildman–Crippen LogP) is 3.43. The molecular formula is C15H21F2N3O2S. The van der Waals surface area contributed by atoms with Crippen LogP contribution >= 0.6 is 11.8 Å². The van der Waals surface area contributed by atoms with E-state index in [0.717, 1.165) is 0 Å². The second kappa shape index (κ2) is 8.14. The number of urea groups is 1. The number of benzene rings is 1. The van der Waals surface area contributed by atoms with Crippen LogP contribution in [0.2, 0.25) is 0 Å². The van der Waals surface area contributed by atoms with Crippen molar-refractivity contribution in [1.82, 2.24) is 10.6 Å². The summed E-state index contributed by atoms with van der Waals surface area (Å²) in [6.07, 6.45) is 0. The Kier molecular flexibility index (Phi) is 6.80. The molecule has 5 nitrogen and oxygen atoms in total. The van der Waals surface area contributed by atoms with Gasteiger partial charge in [0.1, 0.15) is 6.04 Å². The summed E-state index contributed by atoms with van der Waals surface area (Å²) in [7, 11) is 0. The Bertz CT molecular complexity index is 562. The van der Waals surface area contributed by atoms with Gasteiger partial charge in [-0.05, 0) is 39.8 Å². The van der Waals surface area contributed by atoms with Crippen molar-refractivity contribution in [3.8, 4) is 0 Å². The number of halogens is 2. The van der Waals surface area contributed by atoms with Crippen molar-refractivity contribution in [3.63, 3.8) is 0 Å². The van der Waals surface area contributed by atoms with E-state index in [0.29, 0.717) is 11.8 Å². The number of rotatable bonds is 5. The predicted molar refractivity (Wildman–Crippen MR) is 87.8 cm³/mol. The van der Waals surface area contributed by atoms with Gasteiger partial charge in [0, 0.05) is 10.4 Å². The number of para-hydroxylation sites is 1. The molecular weight excluding hydrogens is 324 g/mol. The maximum Gasteiger partial charge on any atom is 0.319 e. The summed E-state index contributed by atoms with van der Waals surface area (Å²) in [5.74, 6) is -2.92. The standard InChI is InChI=1S/C15H21F2N3O2S/c1-9(12(21)20-15(2,3)4)18-14(22)19-10-7-5-6-8-11(10)23-13(16)17/h5-9,13H,1-4H3,(H,20,21)(H2,18,19,22)/t9-/m1/s1. The summed E-state index contributed by atoms with van der Waals surface area (Å²) in [6.45, 7) is 7.03. The quantitative estimate of drug-likeness (QED) is 0.716. The first-order chi connectivity index (χ1) is 10.6. The average molecular weight is 345 g/mol. The Morgan fingerprint density at radius 3 is 2.35 bits per heavy atom. The van der Waals surface area contributed by atoms with Crippen LogP contribution in [0.1, 0.15) is 27.7 Å². The molecule has 0 saturated carbocycles. The van der Waals surface area contributed by atoms with Gasteiger partial charge < -0.3 is 16.0 Å². The zero-order valence-electron chi connectivity index (χ0n) is 13.4. The van der Waals surface area contributed by atoms with Gasteiger partial charge >= 0.3 is 6.03 Å². The second-order valence-electron chi connectivity index (χ2n) is 5.93. The van der Waals surface area contributed by atoms with Crippen LogP contribution in [-0.2, 0) is 4.79 Å². The van der Waals surface area contributed by atoms with Gasteiger partial charge in [-0.2, -0.15) is 8.78 Å². The first-order valence-corrected chi connectivity index (χ1v) is 7.90. The molecule has 0 spiro atoms. The highest BCUT2D eigenvalue weighted by Gasteiger charge is 2.21. The molecule has 8 heteroatoms. The van der Waals surface area contributed by atoms with Gasteiger partial charge in [0.25, 0.3) is 5.76 Å². The minimum atomic E-state index is -2.59. The Hall–Kier alpha value is -1.83. The lowest BCUT2D eigenvalue weighted by molar-refractivity contribution is -0.123. The zero-order chi connectivity index (χ0) is 17.6. The molecule has 1 atom stereocenters. The fraction of sp³-hybridized carbons (Fsp3) is 0.467. The fourth-order valence-electron chi connectivity index (χ4n) is 1.67. The summed E-state index contributed by atoms with van der Waals surface area (Å²) < 4.78 is 25.0. The van der Waals surface area contributed by atoms with E-state index >= 15 is 0 Å². The summed E-state index contributed by atoms with van der Waals surface area (Å²) in [4.78, 5) is 24.1. The fourth-order valence-corrected chi connectivity index (χ4v) is 2.26. The Labute approximate surface area is 138 Å². The van der Waals surface area contributed by atoms with Gasteiger partial charge in [-0.25, -0.2) is 4.79 Å². The summed E-state index contributed by atoms with van der Waals surface area (Å²) in [5.41, 5.74) is -0.150. The largest absolute Gasteiger partial charge is 0.350 e. The normalized spacial score (nSPS) is 12.7. The summed E-state index contributed by atoms with van der Waals surface area (Å²) in [5, 5.41) is 7.69. The molecule has 0 bridgehead atoms. The van der Waals surface area contributed by atoms with E-state index in [-0.39, 0.29) is 16.5 Å². The van der Waals surface area contributed by atoms with E-state index < -0.39 is 23.4 Å². The van der Waals surface area contributed by atoms with E-state index in [1.165, 1.54) is 12.1 Å². The van der Waals surface area contributed by atoms with Gasteiger partial charge in [0.2, 0.25) is 5.91 Å². The number of amides is 3. The molecule has 23 heavy (non-hydrogen) atoms. The van der Waals surface area contributed by atoms with Crippen LogP contribution in [-0.4, -0.2) is 29.3 Å². The van der Waals surface area contributed by atoms with Crippen molar-refractivity contribution < 1.29 is 18.4 Å². The summed E-state index contributed by atoms with van der Waals surface area (Å²) in [6, 6.07) is 4.84. The molecule has 128 valence electrons. The van der Waals surface area contributed by atoms with Crippen LogP contribution < -0.4 is 16.0 Å². The summed E-state index contributed by atoms with van der Waals surface area (Å²) >= 11 is 0.345. The molecule has 0 unspecified atom stereocenters. The minimum Gasteiger partial charge on any atom is -0.350 e. The van der Waals surface area contributed by atoms with Crippen molar-refractivity contribution in [2.24, 2.45) is 0 Å². The molecule has 0 aliphatic rings. The van der Waals surface area contributed by atoms with Crippen LogP contribution in [0.5, 0.6) is 0 Å². The highest BCUT2D eigenvalue weighted by Crippen LogP contribution is 2.31. The van der Waals surface area contributed by atoms with Crippen LogP contribution in [0.15, 0.2) is 29.2 Å². The molecule has 0 radical (unpaired) electrons. The van der Waals surface area contributed by atoms with E-state index in [1.807, 2.05) is 20.8 Å². The SMILES string of the molecule is C[C@@H](NC(=O)Nc1ccccc1SC(F)F)C(=O)NC(C)(C)C. The van der Waals surface area contributed by atoms with Crippen molar-refractivity contribution in [2.75, 3.05) is 5.32 Å². The molecule has 3 amide bonds. The first-order valence-electron chi connectivity index (χ1n) is 7.02. The van der Waals surface area contributed by atoms with Crippen LogP contribution in [0.3, 0.4) is 0 Å². The number of alkyl halides is 2. The van der Waals surface area contributed by atoms with E-state index in [4.69, 9.17) is 0 Å². The molecule has 0 aromatic heterocycles. The van der Waals surface area contributed by atoms with Gasteiger partial charge in [-0.15, -0.1) is 0 Å². The van der Waals surface area contributed by atoms with Crippen molar-refractivity contribution >= 4 is 29.4 Å². The van der Waals surface area contributed by atoms with Crippen LogP contribution in [0, 0.1) is 0 Å². The molecule has 0 aliphatic heterocycles. The zero-order valence-corrected chi connectivity index (χ0v) is 14.3. The monoisotopic (exact) mass is 345 g/mol.